The fourth-order valence-corrected chi connectivity index (χ4v) is 2.66. The number of nitrogens with one attached hydrogen (secondary N) is 2. The van der Waals surface area contributed by atoms with Crippen LogP contribution in [0, 0.1) is 5.82 Å². The quantitative estimate of drug-likeness (QED) is 0.818. The van der Waals surface area contributed by atoms with Gasteiger partial charge in [0.25, 0.3) is 5.91 Å². The van der Waals surface area contributed by atoms with E-state index in [0.717, 1.165) is 28.4 Å². The number of likely N-dealkylation sites (N-methyl/N-ethyl adjacent to an activating group) is 1. The standard InChI is InChI=1S/C19H23FN2O2/c1-4-22(14(2)15-5-7-16(20)8-6-15)13-19(23)21-17-9-11-18(24-3)12-10-17/h5-12,14H,4,13H2,1-3H3,(H,21,23)/p+1/t14-/m1/s1. The van der Waals surface area contributed by atoms with Gasteiger partial charge in [-0.15, -0.1) is 0 Å². The lowest BCUT2D eigenvalue weighted by Gasteiger charge is -2.24. The first-order valence-electron chi connectivity index (χ1n) is 8.07. The van der Waals surface area contributed by atoms with Crippen molar-refractivity contribution >= 4 is 11.6 Å². The summed E-state index contributed by atoms with van der Waals surface area (Å²) in [4.78, 5) is 13.4. The third kappa shape index (κ3) is 4.80. The molecule has 2 rings (SSSR count). The van der Waals surface area contributed by atoms with E-state index in [-0.39, 0.29) is 17.8 Å². The molecule has 0 spiro atoms. The van der Waals surface area contributed by atoms with Crippen LogP contribution in [0.2, 0.25) is 0 Å². The summed E-state index contributed by atoms with van der Waals surface area (Å²) in [7, 11) is 1.60. The highest BCUT2D eigenvalue weighted by Gasteiger charge is 2.21. The lowest BCUT2D eigenvalue weighted by molar-refractivity contribution is -0.920. The van der Waals surface area contributed by atoms with Gasteiger partial charge in [-0.3, -0.25) is 4.79 Å². The number of quaternary nitrogens is 1. The fourth-order valence-electron chi connectivity index (χ4n) is 2.66. The highest BCUT2D eigenvalue weighted by Crippen LogP contribution is 2.15. The van der Waals surface area contributed by atoms with Gasteiger partial charge in [0.15, 0.2) is 6.54 Å². The first kappa shape index (κ1) is 17.9. The molecule has 1 unspecified atom stereocenters. The summed E-state index contributed by atoms with van der Waals surface area (Å²) in [5, 5.41) is 2.90. The molecule has 5 heteroatoms. The Bertz CT molecular complexity index is 656. The Morgan fingerprint density at radius 2 is 1.79 bits per heavy atom. The highest BCUT2D eigenvalue weighted by molar-refractivity contribution is 5.91. The number of methoxy groups -OCH3 is 1. The van der Waals surface area contributed by atoms with Crippen LogP contribution in [0.5, 0.6) is 5.75 Å². The number of halogens is 1. The van der Waals surface area contributed by atoms with Crippen molar-refractivity contribution in [2.75, 3.05) is 25.5 Å². The van der Waals surface area contributed by atoms with Crippen LogP contribution in [-0.2, 0) is 4.79 Å². The van der Waals surface area contributed by atoms with E-state index in [1.807, 2.05) is 26.0 Å². The monoisotopic (exact) mass is 331 g/mol. The minimum absolute atomic E-state index is 0.0500. The van der Waals surface area contributed by atoms with Crippen molar-refractivity contribution in [3.8, 4) is 5.75 Å². The molecule has 2 aromatic rings. The average Bonchev–Trinajstić information content (AvgIpc) is 2.60. The molecule has 0 heterocycles. The highest BCUT2D eigenvalue weighted by atomic mass is 19.1. The van der Waals surface area contributed by atoms with E-state index in [4.69, 9.17) is 4.74 Å². The van der Waals surface area contributed by atoms with Crippen LogP contribution in [-0.4, -0.2) is 26.1 Å². The summed E-state index contributed by atoms with van der Waals surface area (Å²) in [5.74, 6) is 0.450. The molecule has 2 N–H and O–H groups in total. The van der Waals surface area contributed by atoms with E-state index in [2.05, 4.69) is 5.32 Å². The number of hydrogen-bond acceptors (Lipinski definition) is 2. The summed E-state index contributed by atoms with van der Waals surface area (Å²) in [5.41, 5.74) is 1.76. The topological polar surface area (TPSA) is 42.8 Å². The molecule has 1 amide bonds. The molecule has 0 aromatic heterocycles. The van der Waals surface area contributed by atoms with E-state index in [1.165, 1.54) is 12.1 Å². The molecule has 0 saturated heterocycles. The van der Waals surface area contributed by atoms with E-state index in [9.17, 15) is 9.18 Å². The second-order valence-electron chi connectivity index (χ2n) is 5.74. The zero-order valence-corrected chi connectivity index (χ0v) is 14.3. The van der Waals surface area contributed by atoms with E-state index in [0.29, 0.717) is 6.54 Å². The maximum atomic E-state index is 13.1. The van der Waals surface area contributed by atoms with Crippen LogP contribution in [0.25, 0.3) is 0 Å². The molecule has 0 aliphatic carbocycles. The van der Waals surface area contributed by atoms with Crippen LogP contribution in [0.4, 0.5) is 10.1 Å². The van der Waals surface area contributed by atoms with Crippen LogP contribution in [0.15, 0.2) is 48.5 Å². The summed E-state index contributed by atoms with van der Waals surface area (Å²) < 4.78 is 18.2. The Morgan fingerprint density at radius 1 is 1.17 bits per heavy atom. The number of benzene rings is 2. The minimum atomic E-state index is -0.249. The number of hydrogen-bond donors (Lipinski definition) is 2. The smallest absolute Gasteiger partial charge is 0.279 e. The second kappa shape index (κ2) is 8.45. The Kier molecular flexibility index (Phi) is 6.32. The summed E-state index contributed by atoms with van der Waals surface area (Å²) in [6.45, 7) is 5.23. The number of carbonyl (C=O) groups is 1. The number of anilines is 1. The van der Waals surface area contributed by atoms with Gasteiger partial charge in [0, 0.05) is 11.3 Å². The average molecular weight is 331 g/mol. The molecule has 0 saturated carbocycles. The van der Waals surface area contributed by atoms with Crippen LogP contribution >= 0.6 is 0 Å². The van der Waals surface area contributed by atoms with E-state index in [1.54, 1.807) is 31.4 Å². The van der Waals surface area contributed by atoms with Gasteiger partial charge in [0.2, 0.25) is 0 Å². The maximum Gasteiger partial charge on any atom is 0.279 e. The first-order valence-corrected chi connectivity index (χ1v) is 8.07. The summed E-state index contributed by atoms with van der Waals surface area (Å²) in [6, 6.07) is 13.8. The molecule has 2 atom stereocenters. The molecule has 0 aliphatic rings. The zero-order chi connectivity index (χ0) is 17.5. The van der Waals surface area contributed by atoms with Gasteiger partial charge in [0.05, 0.1) is 13.7 Å². The van der Waals surface area contributed by atoms with Crippen molar-refractivity contribution in [2.45, 2.75) is 19.9 Å². The molecule has 0 bridgehead atoms. The van der Waals surface area contributed by atoms with E-state index >= 15 is 0 Å². The van der Waals surface area contributed by atoms with Crippen molar-refractivity contribution in [3.63, 3.8) is 0 Å². The van der Waals surface area contributed by atoms with Crippen LogP contribution in [0.1, 0.15) is 25.5 Å². The predicted molar refractivity (Wildman–Crippen MR) is 92.8 cm³/mol. The molecular formula is C19H24FN2O2+. The van der Waals surface area contributed by atoms with Gasteiger partial charge in [-0.25, -0.2) is 4.39 Å². The van der Waals surface area contributed by atoms with Gasteiger partial charge in [-0.05, 0) is 50.2 Å². The Morgan fingerprint density at radius 3 is 2.33 bits per heavy atom. The molecule has 0 radical (unpaired) electrons. The second-order valence-corrected chi connectivity index (χ2v) is 5.74. The third-order valence-corrected chi connectivity index (χ3v) is 4.20. The van der Waals surface area contributed by atoms with Gasteiger partial charge in [0.1, 0.15) is 17.6 Å². The van der Waals surface area contributed by atoms with Gasteiger partial charge < -0.3 is 15.0 Å². The van der Waals surface area contributed by atoms with Crippen molar-refractivity contribution in [2.24, 2.45) is 0 Å². The Labute approximate surface area is 142 Å². The lowest BCUT2D eigenvalue weighted by atomic mass is 10.1. The molecule has 24 heavy (non-hydrogen) atoms. The SMILES string of the molecule is CC[NH+](CC(=O)Nc1ccc(OC)cc1)[C@H](C)c1ccc(F)cc1. The van der Waals surface area contributed by atoms with Gasteiger partial charge in [-0.1, -0.05) is 12.1 Å². The predicted octanol–water partition coefficient (Wildman–Crippen LogP) is 2.44. The van der Waals surface area contributed by atoms with Crippen molar-refractivity contribution < 1.29 is 18.8 Å². The maximum absolute atomic E-state index is 13.1. The van der Waals surface area contributed by atoms with Gasteiger partial charge in [-0.2, -0.15) is 0 Å². The largest absolute Gasteiger partial charge is 0.497 e. The third-order valence-electron chi connectivity index (χ3n) is 4.20. The van der Waals surface area contributed by atoms with E-state index < -0.39 is 0 Å². The molecule has 0 fully saturated rings. The number of rotatable bonds is 7. The van der Waals surface area contributed by atoms with Crippen molar-refractivity contribution in [3.05, 3.63) is 59.9 Å². The lowest BCUT2D eigenvalue weighted by Crippen LogP contribution is -3.12. The minimum Gasteiger partial charge on any atom is -0.497 e. The normalized spacial score (nSPS) is 13.2. The zero-order valence-electron chi connectivity index (χ0n) is 14.3. The summed E-state index contributed by atoms with van der Waals surface area (Å²) >= 11 is 0. The summed E-state index contributed by atoms with van der Waals surface area (Å²) in [6.07, 6.45) is 0. The number of carbonyl (C=O) groups excluding carboxylic acids is 1. The van der Waals surface area contributed by atoms with Crippen molar-refractivity contribution in [1.82, 2.24) is 0 Å². The Hall–Kier alpha value is -2.40. The Balaban J connectivity index is 1.97. The first-order chi connectivity index (χ1) is 11.5. The van der Waals surface area contributed by atoms with Crippen molar-refractivity contribution in [1.29, 1.82) is 0 Å². The molecule has 2 aromatic carbocycles. The molecule has 0 aliphatic heterocycles. The molecule has 4 nitrogen and oxygen atoms in total. The van der Waals surface area contributed by atoms with Crippen LogP contribution in [0.3, 0.4) is 0 Å². The number of amides is 1. The molecular weight excluding hydrogens is 307 g/mol. The van der Waals surface area contributed by atoms with Gasteiger partial charge >= 0.3 is 0 Å². The number of ether oxygens (including phenoxy) is 1. The molecule has 128 valence electrons. The fraction of sp³-hybridized carbons (Fsp3) is 0.316. The van der Waals surface area contributed by atoms with Crippen LogP contribution < -0.4 is 15.0 Å².